The number of likely N-dealkylation sites (N-methyl/N-ethyl adjacent to an activating group) is 1. The largest absolute Gasteiger partial charge is 0.481 e. The molecule has 1 saturated heterocycles. The van der Waals surface area contributed by atoms with Crippen LogP contribution in [0.4, 0.5) is 0 Å². The zero-order chi connectivity index (χ0) is 25.1. The lowest BCUT2D eigenvalue weighted by molar-refractivity contribution is -0.138. The maximum Gasteiger partial charge on any atom is 0.303 e. The lowest BCUT2D eigenvalue weighted by atomic mass is 9.70. The SMILES string of the molecule is C=C(/C=C\C(C(=O)NC)=C(/C)SCCC)N1CCC(CC(=O)O)CC1.CCC1CC2CCC=C12. The summed E-state index contributed by atoms with van der Waals surface area (Å²) in [5.74, 6) is 2.45. The number of nitrogens with zero attached hydrogens (tertiary/aromatic N) is 1. The van der Waals surface area contributed by atoms with Crippen LogP contribution in [0.2, 0.25) is 0 Å². The summed E-state index contributed by atoms with van der Waals surface area (Å²) in [6.45, 7) is 12.1. The van der Waals surface area contributed by atoms with E-state index < -0.39 is 5.97 Å². The van der Waals surface area contributed by atoms with Crippen LogP contribution in [-0.4, -0.2) is 47.8 Å². The van der Waals surface area contributed by atoms with Crippen molar-refractivity contribution in [2.75, 3.05) is 25.9 Å². The van der Waals surface area contributed by atoms with Gasteiger partial charge in [0.05, 0.1) is 0 Å². The molecule has 1 saturated carbocycles. The Morgan fingerprint density at radius 3 is 2.50 bits per heavy atom. The Hall–Kier alpha value is -1.95. The number of allylic oxidation sites excluding steroid dienone is 4. The lowest BCUT2D eigenvalue weighted by Crippen LogP contribution is -2.33. The summed E-state index contributed by atoms with van der Waals surface area (Å²) in [7, 11) is 1.63. The molecule has 6 heteroatoms. The number of aliphatic carboxylic acids is 1. The number of amides is 1. The fourth-order valence-electron chi connectivity index (χ4n) is 5.04. The van der Waals surface area contributed by atoms with Crippen LogP contribution in [-0.2, 0) is 9.59 Å². The smallest absolute Gasteiger partial charge is 0.303 e. The van der Waals surface area contributed by atoms with Crippen LogP contribution >= 0.6 is 11.8 Å². The van der Waals surface area contributed by atoms with E-state index in [4.69, 9.17) is 5.11 Å². The first-order valence-electron chi connectivity index (χ1n) is 12.9. The first-order valence-corrected chi connectivity index (χ1v) is 13.9. The summed E-state index contributed by atoms with van der Waals surface area (Å²) in [5, 5.41) is 11.6. The highest BCUT2D eigenvalue weighted by Gasteiger charge is 2.35. The number of piperidine rings is 1. The molecule has 0 aromatic heterocycles. The third-order valence-electron chi connectivity index (χ3n) is 7.20. The van der Waals surface area contributed by atoms with Gasteiger partial charge in [-0.3, -0.25) is 9.59 Å². The molecule has 2 N–H and O–H groups in total. The zero-order valence-electron chi connectivity index (χ0n) is 21.6. The Balaban J connectivity index is 0.000000371. The minimum absolute atomic E-state index is 0.0923. The molecule has 0 spiro atoms. The van der Waals surface area contributed by atoms with Crippen molar-refractivity contribution < 1.29 is 14.7 Å². The van der Waals surface area contributed by atoms with Crippen molar-refractivity contribution in [1.29, 1.82) is 0 Å². The van der Waals surface area contributed by atoms with Gasteiger partial charge in [-0.1, -0.05) is 32.1 Å². The van der Waals surface area contributed by atoms with Crippen molar-refractivity contribution in [2.24, 2.45) is 17.8 Å². The molecule has 0 radical (unpaired) electrons. The standard InChI is InChI=1S/C19H30N2O3S.C9H14/c1-5-12-25-15(3)17(19(24)20-4)7-6-14(2)21-10-8-16(9-11-21)13-18(22)23;1-2-7-6-8-4-3-5-9(7)8/h6-7,16H,2,5,8-13H2,1,3-4H3,(H,20,24)(H,22,23);5,7-8H,2-4,6H2,1H3/b7-6-,17-15-;. The fraction of sp³-hybridized carbons (Fsp3) is 0.643. The summed E-state index contributed by atoms with van der Waals surface area (Å²) in [6, 6.07) is 0. The summed E-state index contributed by atoms with van der Waals surface area (Å²) >= 11 is 1.69. The highest BCUT2D eigenvalue weighted by molar-refractivity contribution is 8.03. The average molecular weight is 489 g/mol. The van der Waals surface area contributed by atoms with E-state index in [0.29, 0.717) is 5.57 Å². The molecule has 0 aromatic rings. The molecule has 5 nitrogen and oxygen atoms in total. The summed E-state index contributed by atoms with van der Waals surface area (Å²) in [4.78, 5) is 26.1. The average Bonchev–Trinajstić information content (AvgIpc) is 3.18. The summed E-state index contributed by atoms with van der Waals surface area (Å²) in [6.07, 6.45) is 14.9. The number of likely N-dealkylation sites (tertiary alicyclic amines) is 1. The molecular weight excluding hydrogens is 444 g/mol. The van der Waals surface area contributed by atoms with Crippen LogP contribution < -0.4 is 5.32 Å². The van der Waals surface area contributed by atoms with Crippen molar-refractivity contribution in [3.05, 3.63) is 46.6 Å². The molecule has 0 bridgehead atoms. The highest BCUT2D eigenvalue weighted by Crippen LogP contribution is 2.48. The topological polar surface area (TPSA) is 69.6 Å². The van der Waals surface area contributed by atoms with Crippen LogP contribution in [0.3, 0.4) is 0 Å². The monoisotopic (exact) mass is 488 g/mol. The molecule has 190 valence electrons. The van der Waals surface area contributed by atoms with Gasteiger partial charge in [-0.2, -0.15) is 0 Å². The Bertz CT molecular complexity index is 806. The van der Waals surface area contributed by atoms with E-state index >= 15 is 0 Å². The van der Waals surface area contributed by atoms with Crippen LogP contribution in [0.1, 0.15) is 72.1 Å². The quantitative estimate of drug-likeness (QED) is 0.219. The first kappa shape index (κ1) is 28.3. The van der Waals surface area contributed by atoms with Crippen molar-refractivity contribution in [2.45, 2.75) is 72.1 Å². The van der Waals surface area contributed by atoms with Crippen molar-refractivity contribution >= 4 is 23.6 Å². The second-order valence-corrected chi connectivity index (χ2v) is 10.9. The normalized spacial score (nSPS) is 22.7. The Labute approximate surface area is 210 Å². The zero-order valence-corrected chi connectivity index (χ0v) is 22.4. The third kappa shape index (κ3) is 8.37. The van der Waals surface area contributed by atoms with Gasteiger partial charge in [0.1, 0.15) is 0 Å². The maximum atomic E-state index is 12.1. The van der Waals surface area contributed by atoms with Gasteiger partial charge in [0.15, 0.2) is 0 Å². The molecule has 2 atom stereocenters. The van der Waals surface area contributed by atoms with Crippen LogP contribution in [0.5, 0.6) is 0 Å². The summed E-state index contributed by atoms with van der Waals surface area (Å²) < 4.78 is 0. The van der Waals surface area contributed by atoms with Gasteiger partial charge in [-0.05, 0) is 92.4 Å². The van der Waals surface area contributed by atoms with Crippen LogP contribution in [0.15, 0.2) is 46.6 Å². The first-order chi connectivity index (χ1) is 16.3. The number of hydrogen-bond donors (Lipinski definition) is 2. The third-order valence-corrected chi connectivity index (χ3v) is 8.47. The van der Waals surface area contributed by atoms with E-state index in [9.17, 15) is 9.59 Å². The molecular formula is C28H44N2O3S. The van der Waals surface area contributed by atoms with Crippen molar-refractivity contribution in [1.82, 2.24) is 10.2 Å². The molecule has 3 aliphatic rings. The molecule has 1 amide bonds. The molecule has 34 heavy (non-hydrogen) atoms. The van der Waals surface area contributed by atoms with Gasteiger partial charge in [0, 0.05) is 37.8 Å². The van der Waals surface area contributed by atoms with Crippen molar-refractivity contribution in [3.63, 3.8) is 0 Å². The number of carboxylic acids is 1. The predicted octanol–water partition coefficient (Wildman–Crippen LogP) is 6.16. The van der Waals surface area contributed by atoms with Gasteiger partial charge < -0.3 is 15.3 Å². The summed E-state index contributed by atoms with van der Waals surface area (Å²) in [5.41, 5.74) is 3.34. The predicted molar refractivity (Wildman–Crippen MR) is 144 cm³/mol. The maximum absolute atomic E-state index is 12.1. The number of fused-ring (bicyclic) bond motifs is 1. The van der Waals surface area contributed by atoms with E-state index in [-0.39, 0.29) is 18.2 Å². The van der Waals surface area contributed by atoms with Gasteiger partial charge in [0.2, 0.25) is 0 Å². The number of rotatable bonds is 10. The molecule has 3 rings (SSSR count). The number of hydrogen-bond acceptors (Lipinski definition) is 4. The molecule has 1 aliphatic heterocycles. The fourth-order valence-corrected chi connectivity index (χ4v) is 5.86. The minimum atomic E-state index is -0.724. The molecule has 0 aromatic carbocycles. The van der Waals surface area contributed by atoms with E-state index in [1.54, 1.807) is 24.4 Å². The Kier molecular flexibility index (Phi) is 12.0. The number of thioether (sulfide) groups is 1. The second kappa shape index (κ2) is 14.4. The molecule has 2 aliphatic carbocycles. The van der Waals surface area contributed by atoms with E-state index in [1.165, 1.54) is 25.7 Å². The van der Waals surface area contributed by atoms with Crippen LogP contribution in [0, 0.1) is 17.8 Å². The van der Waals surface area contributed by atoms with Crippen LogP contribution in [0.25, 0.3) is 0 Å². The van der Waals surface area contributed by atoms with E-state index in [1.807, 2.05) is 19.1 Å². The minimum Gasteiger partial charge on any atom is -0.481 e. The second-order valence-electron chi connectivity index (χ2n) is 9.57. The number of carboxylic acid groups (broad SMARTS) is 1. The molecule has 2 fully saturated rings. The Morgan fingerprint density at radius 1 is 1.24 bits per heavy atom. The van der Waals surface area contributed by atoms with Gasteiger partial charge in [0.25, 0.3) is 5.91 Å². The molecule has 2 unspecified atom stereocenters. The van der Waals surface area contributed by atoms with Gasteiger partial charge >= 0.3 is 5.97 Å². The number of nitrogens with one attached hydrogen (secondary N) is 1. The van der Waals surface area contributed by atoms with E-state index in [0.717, 1.165) is 60.5 Å². The van der Waals surface area contributed by atoms with Crippen molar-refractivity contribution in [3.8, 4) is 0 Å². The molecule has 1 heterocycles. The van der Waals surface area contributed by atoms with E-state index in [2.05, 4.69) is 36.7 Å². The lowest BCUT2D eigenvalue weighted by Gasteiger charge is -2.35. The van der Waals surface area contributed by atoms with Gasteiger partial charge in [-0.15, -0.1) is 11.8 Å². The highest BCUT2D eigenvalue weighted by atomic mass is 32.2. The Morgan fingerprint density at radius 2 is 1.94 bits per heavy atom. The number of carbonyl (C=O) groups is 2. The van der Waals surface area contributed by atoms with Gasteiger partial charge in [-0.25, -0.2) is 0 Å². The number of carbonyl (C=O) groups excluding carboxylic acids is 1.